The molecule has 11 heteroatoms. The molecule has 3 aromatic rings. The van der Waals surface area contributed by atoms with Gasteiger partial charge in [0.05, 0.1) is 38.5 Å². The summed E-state index contributed by atoms with van der Waals surface area (Å²) >= 11 is 0. The number of nitrogens with zero attached hydrogens (tertiary/aromatic N) is 3. The first-order valence-electron chi connectivity index (χ1n) is 16.2. The lowest BCUT2D eigenvalue weighted by Gasteiger charge is -2.32. The summed E-state index contributed by atoms with van der Waals surface area (Å²) < 4.78 is 28.7. The molecule has 0 saturated carbocycles. The largest absolute Gasteiger partial charge is 0.497 e. The van der Waals surface area contributed by atoms with Crippen molar-refractivity contribution in [3.63, 3.8) is 0 Å². The van der Waals surface area contributed by atoms with Crippen LogP contribution in [0.1, 0.15) is 36.5 Å². The average Bonchev–Trinajstić information content (AvgIpc) is 3.46. The third-order valence-electron chi connectivity index (χ3n) is 9.90. The smallest absolute Gasteiger partial charge is 0.264 e. The van der Waals surface area contributed by atoms with Gasteiger partial charge in [-0.1, -0.05) is 49.4 Å². The molecule has 0 aromatic heterocycles. The summed E-state index contributed by atoms with van der Waals surface area (Å²) in [6.45, 7) is 6.16. The number of halogens is 1. The molecule has 3 aromatic carbocycles. The van der Waals surface area contributed by atoms with Crippen LogP contribution in [0.2, 0.25) is 18.6 Å². The van der Waals surface area contributed by atoms with E-state index in [1.165, 1.54) is 0 Å². The lowest BCUT2D eigenvalue weighted by atomic mass is 9.82. The molecule has 4 atom stereocenters. The van der Waals surface area contributed by atoms with Crippen molar-refractivity contribution in [2.45, 2.75) is 63.2 Å². The minimum atomic E-state index is -3.52. The lowest BCUT2D eigenvalue weighted by molar-refractivity contribution is -0.150. The van der Waals surface area contributed by atoms with E-state index in [0.29, 0.717) is 36.5 Å². The molecular formula is C36H42FN3O6Si. The molecule has 0 aliphatic carbocycles. The Labute approximate surface area is 276 Å². The standard InChI is InChI=1S/C36H42FN3O6Si/c1-24-34(47(3,4)37)31(21-33(43)38(17-18-41)22-25-9-6-5-7-10-25)46-36(24)29-20-28(45-2)13-14-30(29)40(35(36)44)23-26-11-8-12-27(19-26)39-16-15-32(39)42/h5-14,19-20,24,31,34,41H,15-18,21-23H2,1-4H3/t24-,31+,34-,36+/m0/s1. The quantitative estimate of drug-likeness (QED) is 0.173. The van der Waals surface area contributed by atoms with Gasteiger partial charge in [-0.15, -0.1) is 0 Å². The minimum Gasteiger partial charge on any atom is -0.497 e. The van der Waals surface area contributed by atoms with Gasteiger partial charge in [-0.25, -0.2) is 0 Å². The molecule has 9 nitrogen and oxygen atoms in total. The van der Waals surface area contributed by atoms with Gasteiger partial charge >= 0.3 is 0 Å². The number of methoxy groups -OCH3 is 1. The number of carbonyl (C=O) groups excluding carboxylic acids is 3. The Morgan fingerprint density at radius 1 is 1.09 bits per heavy atom. The van der Waals surface area contributed by atoms with Crippen molar-refractivity contribution in [3.8, 4) is 5.75 Å². The van der Waals surface area contributed by atoms with Crippen molar-refractivity contribution in [1.29, 1.82) is 0 Å². The molecule has 2 saturated heterocycles. The molecular weight excluding hydrogens is 617 g/mol. The molecule has 1 spiro atoms. The van der Waals surface area contributed by atoms with E-state index in [0.717, 1.165) is 16.8 Å². The normalized spacial score (nSPS) is 23.7. The number of hydrogen-bond donors (Lipinski definition) is 1. The Morgan fingerprint density at radius 3 is 2.47 bits per heavy atom. The van der Waals surface area contributed by atoms with Crippen molar-refractivity contribution in [2.24, 2.45) is 5.92 Å². The van der Waals surface area contributed by atoms with Crippen LogP contribution in [0, 0.1) is 5.92 Å². The first-order valence-corrected chi connectivity index (χ1v) is 19.1. The third-order valence-corrected chi connectivity index (χ3v) is 12.4. The van der Waals surface area contributed by atoms with Crippen LogP contribution in [0.25, 0.3) is 0 Å². The van der Waals surface area contributed by atoms with Gasteiger partial charge in [-0.3, -0.25) is 14.4 Å². The fourth-order valence-electron chi connectivity index (χ4n) is 7.62. The van der Waals surface area contributed by atoms with Crippen LogP contribution in [0.5, 0.6) is 5.75 Å². The molecule has 6 rings (SSSR count). The summed E-state index contributed by atoms with van der Waals surface area (Å²) in [6.07, 6.45) is -0.460. The van der Waals surface area contributed by atoms with Crippen molar-refractivity contribution >= 4 is 37.5 Å². The second-order valence-corrected chi connectivity index (χ2v) is 17.0. The predicted molar refractivity (Wildman–Crippen MR) is 179 cm³/mol. The summed E-state index contributed by atoms with van der Waals surface area (Å²) in [5.41, 5.74) is 1.58. The van der Waals surface area contributed by atoms with Crippen LogP contribution >= 0.6 is 0 Å². The van der Waals surface area contributed by atoms with Gasteiger partial charge in [0.1, 0.15) is 5.75 Å². The average molecular weight is 660 g/mol. The number of carbonyl (C=O) groups is 3. The van der Waals surface area contributed by atoms with E-state index in [9.17, 15) is 19.5 Å². The van der Waals surface area contributed by atoms with Crippen LogP contribution in [-0.2, 0) is 37.8 Å². The lowest BCUT2D eigenvalue weighted by Crippen LogP contribution is -2.45. The van der Waals surface area contributed by atoms with Crippen molar-refractivity contribution in [2.75, 3.05) is 36.6 Å². The summed E-state index contributed by atoms with van der Waals surface area (Å²) in [4.78, 5) is 45.7. The van der Waals surface area contributed by atoms with Crippen molar-refractivity contribution in [3.05, 3.63) is 89.5 Å². The number of aliphatic hydroxyl groups is 1. The zero-order valence-corrected chi connectivity index (χ0v) is 28.3. The van der Waals surface area contributed by atoms with E-state index < -0.39 is 31.6 Å². The topological polar surface area (TPSA) is 99.6 Å². The SMILES string of the molecule is COc1ccc2c(c1)[C@@]1(O[C@H](CC(=O)N(CCO)Cc3ccccc3)[C@@H]([Si](C)(C)F)[C@@H]1C)C(=O)N2Cc1cccc(N2CCC2=O)c1. The summed E-state index contributed by atoms with van der Waals surface area (Å²) in [5, 5.41) is 9.78. The molecule has 248 valence electrons. The maximum atomic E-state index is 16.4. The maximum absolute atomic E-state index is 16.4. The number of rotatable bonds is 11. The monoisotopic (exact) mass is 659 g/mol. The second kappa shape index (κ2) is 12.9. The Kier molecular flexibility index (Phi) is 8.99. The highest BCUT2D eigenvalue weighted by Gasteiger charge is 2.67. The van der Waals surface area contributed by atoms with E-state index in [1.54, 1.807) is 47.0 Å². The first-order chi connectivity index (χ1) is 22.5. The fraction of sp³-hybridized carbons (Fsp3) is 0.417. The Balaban J connectivity index is 1.35. The first kappa shape index (κ1) is 32.9. The molecule has 1 N–H and O–H groups in total. The van der Waals surface area contributed by atoms with E-state index >= 15 is 4.11 Å². The zero-order valence-electron chi connectivity index (χ0n) is 27.3. The number of fused-ring (bicyclic) bond motifs is 2. The number of benzene rings is 3. The third kappa shape index (κ3) is 5.96. The molecule has 3 amide bonds. The highest BCUT2D eigenvalue weighted by atomic mass is 28.4. The molecule has 3 heterocycles. The van der Waals surface area contributed by atoms with Gasteiger partial charge in [-0.05, 0) is 54.6 Å². The zero-order chi connectivity index (χ0) is 33.5. The van der Waals surface area contributed by atoms with Crippen LogP contribution in [-0.4, -0.2) is 69.0 Å². The molecule has 47 heavy (non-hydrogen) atoms. The van der Waals surface area contributed by atoms with Gasteiger partial charge < -0.3 is 33.4 Å². The molecule has 0 radical (unpaired) electrons. The van der Waals surface area contributed by atoms with E-state index in [1.807, 2.05) is 67.6 Å². The maximum Gasteiger partial charge on any atom is 0.264 e. The number of amides is 3. The predicted octanol–water partition coefficient (Wildman–Crippen LogP) is 5.16. The number of anilines is 2. The molecule has 3 aliphatic rings. The Morgan fingerprint density at radius 2 is 1.83 bits per heavy atom. The van der Waals surface area contributed by atoms with Crippen LogP contribution in [0.4, 0.5) is 15.5 Å². The van der Waals surface area contributed by atoms with Gasteiger partial charge in [0, 0.05) is 48.8 Å². The van der Waals surface area contributed by atoms with Crippen LogP contribution < -0.4 is 14.5 Å². The summed E-state index contributed by atoms with van der Waals surface area (Å²) in [5.74, 6) is -0.563. The van der Waals surface area contributed by atoms with Gasteiger partial charge in [-0.2, -0.15) is 0 Å². The summed E-state index contributed by atoms with van der Waals surface area (Å²) in [7, 11) is -1.97. The number of β-lactam (4-membered cyclic amide) rings is 1. The van der Waals surface area contributed by atoms with Gasteiger partial charge in [0.2, 0.25) is 20.2 Å². The second-order valence-electron chi connectivity index (χ2n) is 13.2. The highest BCUT2D eigenvalue weighted by Crippen LogP contribution is 2.60. The van der Waals surface area contributed by atoms with Gasteiger partial charge in [0.25, 0.3) is 5.91 Å². The minimum absolute atomic E-state index is 0.0648. The number of hydrogen-bond acceptors (Lipinski definition) is 6. The van der Waals surface area contributed by atoms with E-state index in [2.05, 4.69) is 0 Å². The molecule has 0 unspecified atom stereocenters. The molecule has 2 fully saturated rings. The number of aliphatic hydroxyl groups excluding tert-OH is 1. The van der Waals surface area contributed by atoms with Gasteiger partial charge in [0.15, 0.2) is 5.60 Å². The molecule has 3 aliphatic heterocycles. The van der Waals surface area contributed by atoms with Crippen molar-refractivity contribution < 1.29 is 33.1 Å². The molecule has 0 bridgehead atoms. The Bertz CT molecular complexity index is 1670. The van der Waals surface area contributed by atoms with Crippen LogP contribution in [0.3, 0.4) is 0 Å². The summed E-state index contributed by atoms with van der Waals surface area (Å²) in [6, 6.07) is 22.5. The highest BCUT2D eigenvalue weighted by molar-refractivity contribution is 6.72. The fourth-order valence-corrected chi connectivity index (χ4v) is 10.1. The van der Waals surface area contributed by atoms with E-state index in [-0.39, 0.29) is 43.8 Å². The number of ether oxygens (including phenoxy) is 2. The van der Waals surface area contributed by atoms with E-state index in [4.69, 9.17) is 9.47 Å². The van der Waals surface area contributed by atoms with Crippen LogP contribution in [0.15, 0.2) is 72.8 Å². The Hall–Kier alpha value is -4.06. The van der Waals surface area contributed by atoms with Crippen molar-refractivity contribution in [1.82, 2.24) is 4.90 Å².